The summed E-state index contributed by atoms with van der Waals surface area (Å²) in [5, 5.41) is 3.57. The number of ether oxygens (including phenoxy) is 2. The van der Waals surface area contributed by atoms with E-state index in [2.05, 4.69) is 51.3 Å². The highest BCUT2D eigenvalue weighted by atomic mass is 127. The molecule has 0 aromatic heterocycles. The number of guanidine groups is 1. The topological polar surface area (TPSA) is 49.3 Å². The van der Waals surface area contributed by atoms with Gasteiger partial charge in [-0.05, 0) is 44.2 Å². The predicted molar refractivity (Wildman–Crippen MR) is 131 cm³/mol. The maximum atomic E-state index is 5.97. The lowest BCUT2D eigenvalue weighted by molar-refractivity contribution is 0.00992. The van der Waals surface area contributed by atoms with Crippen LogP contribution in [0.4, 0.5) is 5.69 Å². The lowest BCUT2D eigenvalue weighted by Gasteiger charge is -2.34. The quantitative estimate of drug-likeness (QED) is 0.249. The van der Waals surface area contributed by atoms with Crippen molar-refractivity contribution >= 4 is 35.6 Å². The van der Waals surface area contributed by atoms with Crippen LogP contribution in [0, 0.1) is 0 Å². The minimum absolute atomic E-state index is 0. The average molecular weight is 516 g/mol. The molecule has 0 radical (unpaired) electrons. The van der Waals surface area contributed by atoms with Crippen LogP contribution in [0.2, 0.25) is 0 Å². The molecular weight excluding hydrogens is 479 g/mol. The summed E-state index contributed by atoms with van der Waals surface area (Å²) in [5.41, 5.74) is 2.85. The van der Waals surface area contributed by atoms with E-state index >= 15 is 0 Å². The van der Waals surface area contributed by atoms with E-state index < -0.39 is 0 Å². The minimum Gasteiger partial charge on any atom is -0.385 e. The number of piperidine rings is 1. The zero-order valence-electron chi connectivity index (χ0n) is 18.1. The van der Waals surface area contributed by atoms with Crippen molar-refractivity contribution in [2.24, 2.45) is 4.99 Å². The third kappa shape index (κ3) is 6.72. The molecule has 1 aromatic rings. The van der Waals surface area contributed by atoms with Crippen molar-refractivity contribution in [3.8, 4) is 0 Å². The number of fused-ring (bicyclic) bond motifs is 1. The summed E-state index contributed by atoms with van der Waals surface area (Å²) in [7, 11) is 3.61. The Hall–Kier alpha value is -1.06. The molecule has 3 rings (SSSR count). The Morgan fingerprint density at radius 3 is 2.69 bits per heavy atom. The van der Waals surface area contributed by atoms with Gasteiger partial charge >= 0.3 is 0 Å². The van der Waals surface area contributed by atoms with Crippen LogP contribution in [0.25, 0.3) is 0 Å². The largest absolute Gasteiger partial charge is 0.385 e. The van der Waals surface area contributed by atoms with E-state index in [1.807, 2.05) is 7.05 Å². The molecule has 0 aliphatic carbocycles. The first-order valence-corrected chi connectivity index (χ1v) is 10.6. The van der Waals surface area contributed by atoms with Gasteiger partial charge in [0.25, 0.3) is 0 Å². The SMILES string of the molecule is CN=C(NCCN1c2ccccc2CC1C)N1CCC(OCCCOC)CC1.I. The number of methoxy groups -OCH3 is 1. The third-order valence-electron chi connectivity index (χ3n) is 5.78. The summed E-state index contributed by atoms with van der Waals surface area (Å²) in [4.78, 5) is 9.37. The van der Waals surface area contributed by atoms with Gasteiger partial charge < -0.3 is 24.6 Å². The zero-order valence-corrected chi connectivity index (χ0v) is 20.4. The van der Waals surface area contributed by atoms with Crippen molar-refractivity contribution in [1.82, 2.24) is 10.2 Å². The monoisotopic (exact) mass is 516 g/mol. The maximum Gasteiger partial charge on any atom is 0.193 e. The Morgan fingerprint density at radius 1 is 1.21 bits per heavy atom. The molecule has 2 aliphatic heterocycles. The number of halogens is 1. The summed E-state index contributed by atoms with van der Waals surface area (Å²) < 4.78 is 11.0. The van der Waals surface area contributed by atoms with E-state index in [9.17, 15) is 0 Å². The molecule has 6 nitrogen and oxygen atoms in total. The van der Waals surface area contributed by atoms with E-state index in [1.165, 1.54) is 11.3 Å². The van der Waals surface area contributed by atoms with E-state index in [-0.39, 0.29) is 24.0 Å². The summed E-state index contributed by atoms with van der Waals surface area (Å²) in [6, 6.07) is 9.33. The van der Waals surface area contributed by atoms with Crippen LogP contribution in [-0.2, 0) is 15.9 Å². The first-order chi connectivity index (χ1) is 13.7. The van der Waals surface area contributed by atoms with Gasteiger partial charge in [0.2, 0.25) is 0 Å². The fraction of sp³-hybridized carbons (Fsp3) is 0.682. The van der Waals surface area contributed by atoms with Crippen LogP contribution in [0.15, 0.2) is 29.3 Å². The molecule has 29 heavy (non-hydrogen) atoms. The zero-order chi connectivity index (χ0) is 19.8. The summed E-state index contributed by atoms with van der Waals surface area (Å²) in [5.74, 6) is 1.01. The van der Waals surface area contributed by atoms with Crippen molar-refractivity contribution in [2.45, 2.75) is 44.8 Å². The van der Waals surface area contributed by atoms with Crippen LogP contribution in [-0.4, -0.2) is 76.6 Å². The third-order valence-corrected chi connectivity index (χ3v) is 5.78. The molecular formula is C22H37IN4O2. The lowest BCUT2D eigenvalue weighted by atomic mass is 10.1. The number of nitrogens with zero attached hydrogens (tertiary/aromatic N) is 3. The Morgan fingerprint density at radius 2 is 1.97 bits per heavy atom. The molecule has 164 valence electrons. The molecule has 1 unspecified atom stereocenters. The molecule has 1 saturated heterocycles. The smallest absolute Gasteiger partial charge is 0.193 e. The lowest BCUT2D eigenvalue weighted by Crippen LogP contribution is -2.48. The molecule has 0 amide bonds. The second-order valence-electron chi connectivity index (χ2n) is 7.75. The van der Waals surface area contributed by atoms with Crippen LogP contribution >= 0.6 is 24.0 Å². The normalized spacial score (nSPS) is 19.8. The van der Waals surface area contributed by atoms with Gasteiger partial charge in [0.05, 0.1) is 6.10 Å². The number of para-hydroxylation sites is 1. The van der Waals surface area contributed by atoms with Gasteiger partial charge in [-0.2, -0.15) is 0 Å². The van der Waals surface area contributed by atoms with Crippen LogP contribution in [0.5, 0.6) is 0 Å². The van der Waals surface area contributed by atoms with Crippen LogP contribution in [0.3, 0.4) is 0 Å². The Kier molecular flexibility index (Phi) is 10.5. The van der Waals surface area contributed by atoms with E-state index in [0.29, 0.717) is 12.1 Å². The molecule has 2 aliphatic rings. The molecule has 1 fully saturated rings. The molecule has 7 heteroatoms. The number of hydrogen-bond donors (Lipinski definition) is 1. The van der Waals surface area contributed by atoms with Crippen LogP contribution in [0.1, 0.15) is 31.7 Å². The first-order valence-electron chi connectivity index (χ1n) is 10.6. The Labute approximate surface area is 193 Å². The minimum atomic E-state index is 0. The number of benzene rings is 1. The Balaban J connectivity index is 0.00000300. The molecule has 0 bridgehead atoms. The molecule has 1 atom stereocenters. The van der Waals surface area contributed by atoms with Crippen molar-refractivity contribution in [3.05, 3.63) is 29.8 Å². The molecule has 0 spiro atoms. The fourth-order valence-electron chi connectivity index (χ4n) is 4.28. The predicted octanol–water partition coefficient (Wildman–Crippen LogP) is 3.15. The summed E-state index contributed by atoms with van der Waals surface area (Å²) in [6.07, 6.45) is 4.60. The maximum absolute atomic E-state index is 5.97. The number of anilines is 1. The van der Waals surface area contributed by atoms with Gasteiger partial charge in [-0.25, -0.2) is 0 Å². The highest BCUT2D eigenvalue weighted by Crippen LogP contribution is 2.31. The van der Waals surface area contributed by atoms with E-state index in [4.69, 9.17) is 9.47 Å². The molecule has 0 saturated carbocycles. The summed E-state index contributed by atoms with van der Waals surface area (Å²) >= 11 is 0. The number of rotatable bonds is 8. The van der Waals surface area contributed by atoms with Gasteiger partial charge in [-0.15, -0.1) is 24.0 Å². The first kappa shape index (κ1) is 24.2. The second kappa shape index (κ2) is 12.6. The number of aliphatic imine (C=N–C) groups is 1. The number of nitrogens with one attached hydrogen (secondary N) is 1. The van der Waals surface area contributed by atoms with Gasteiger partial charge in [0, 0.05) is 65.3 Å². The van der Waals surface area contributed by atoms with Crippen molar-refractivity contribution in [1.29, 1.82) is 0 Å². The van der Waals surface area contributed by atoms with Crippen molar-refractivity contribution in [3.63, 3.8) is 0 Å². The number of hydrogen-bond acceptors (Lipinski definition) is 4. The van der Waals surface area contributed by atoms with E-state index in [1.54, 1.807) is 7.11 Å². The van der Waals surface area contributed by atoms with Crippen molar-refractivity contribution < 1.29 is 9.47 Å². The van der Waals surface area contributed by atoms with Gasteiger partial charge in [-0.3, -0.25) is 4.99 Å². The second-order valence-corrected chi connectivity index (χ2v) is 7.75. The van der Waals surface area contributed by atoms with Gasteiger partial charge in [0.15, 0.2) is 5.96 Å². The van der Waals surface area contributed by atoms with Crippen molar-refractivity contribution in [2.75, 3.05) is 58.5 Å². The molecule has 1 aromatic carbocycles. The van der Waals surface area contributed by atoms with Gasteiger partial charge in [0.1, 0.15) is 0 Å². The van der Waals surface area contributed by atoms with Crippen LogP contribution < -0.4 is 10.2 Å². The Bertz CT molecular complexity index is 635. The van der Waals surface area contributed by atoms with Gasteiger partial charge in [-0.1, -0.05) is 18.2 Å². The molecule has 1 N–H and O–H groups in total. The standard InChI is InChI=1S/C22H36N4O2.HI/c1-18-17-19-7-4-5-8-21(19)26(18)14-11-24-22(23-2)25-12-9-20(10-13-25)28-16-6-15-27-3;/h4-5,7-8,18,20H,6,9-17H2,1-3H3,(H,23,24);1H. The average Bonchev–Trinajstić information content (AvgIpc) is 3.04. The summed E-state index contributed by atoms with van der Waals surface area (Å²) in [6.45, 7) is 7.77. The highest BCUT2D eigenvalue weighted by molar-refractivity contribution is 14.0. The highest BCUT2D eigenvalue weighted by Gasteiger charge is 2.25. The van der Waals surface area contributed by atoms with E-state index in [0.717, 1.165) is 71.0 Å². The molecule has 2 heterocycles. The fourth-order valence-corrected chi connectivity index (χ4v) is 4.28. The number of likely N-dealkylation sites (tertiary alicyclic amines) is 1.